The monoisotopic (exact) mass is 260 g/mol. The van der Waals surface area contributed by atoms with Crippen LogP contribution in [0.15, 0.2) is 24.3 Å². The van der Waals surface area contributed by atoms with Gasteiger partial charge in [-0.2, -0.15) is 0 Å². The molecule has 1 heterocycles. The first kappa shape index (κ1) is 14.1. The lowest BCUT2D eigenvalue weighted by atomic mass is 10.00. The molecule has 1 aromatic carbocycles. The number of rotatable bonds is 6. The van der Waals surface area contributed by atoms with E-state index in [4.69, 9.17) is 0 Å². The number of carbonyl (C=O) groups excluding carboxylic acids is 1. The molecule has 3 heteroatoms. The quantitative estimate of drug-likeness (QED) is 0.796. The van der Waals surface area contributed by atoms with Gasteiger partial charge in [0.05, 0.1) is 6.54 Å². The van der Waals surface area contributed by atoms with Gasteiger partial charge in [-0.3, -0.25) is 4.79 Å². The van der Waals surface area contributed by atoms with Gasteiger partial charge in [0.15, 0.2) is 0 Å². The van der Waals surface area contributed by atoms with Crippen molar-refractivity contribution >= 4 is 5.91 Å². The van der Waals surface area contributed by atoms with Crippen LogP contribution in [0.25, 0.3) is 0 Å². The maximum Gasteiger partial charge on any atom is 0.236 e. The Morgan fingerprint density at radius 3 is 2.84 bits per heavy atom. The van der Waals surface area contributed by atoms with Gasteiger partial charge < -0.3 is 10.2 Å². The Labute approximate surface area is 116 Å². The molecule has 0 atom stereocenters. The van der Waals surface area contributed by atoms with Gasteiger partial charge in [0.2, 0.25) is 5.91 Å². The van der Waals surface area contributed by atoms with E-state index in [2.05, 4.69) is 36.5 Å². The Hall–Kier alpha value is -1.35. The molecule has 0 bridgehead atoms. The summed E-state index contributed by atoms with van der Waals surface area (Å²) in [7, 11) is 0. The Kier molecular flexibility index (Phi) is 5.40. The summed E-state index contributed by atoms with van der Waals surface area (Å²) in [4.78, 5) is 14.1. The summed E-state index contributed by atoms with van der Waals surface area (Å²) in [6.07, 6.45) is 4.60. The molecule has 1 aliphatic heterocycles. The first-order valence-corrected chi connectivity index (χ1v) is 7.36. The van der Waals surface area contributed by atoms with Crippen LogP contribution in [0.1, 0.15) is 37.3 Å². The van der Waals surface area contributed by atoms with Gasteiger partial charge in [0, 0.05) is 13.1 Å². The molecule has 2 rings (SSSR count). The minimum absolute atomic E-state index is 0.228. The zero-order chi connectivity index (χ0) is 13.5. The van der Waals surface area contributed by atoms with Crippen molar-refractivity contribution in [1.82, 2.24) is 10.2 Å². The van der Waals surface area contributed by atoms with Gasteiger partial charge in [-0.15, -0.1) is 0 Å². The Morgan fingerprint density at radius 1 is 1.26 bits per heavy atom. The topological polar surface area (TPSA) is 32.3 Å². The Morgan fingerprint density at radius 2 is 2.05 bits per heavy atom. The number of amides is 1. The number of unbranched alkanes of at least 4 members (excludes halogenated alkanes) is 2. The molecule has 1 aliphatic rings. The van der Waals surface area contributed by atoms with Crippen LogP contribution in [-0.4, -0.2) is 30.4 Å². The van der Waals surface area contributed by atoms with Crippen LogP contribution in [0.5, 0.6) is 0 Å². The second-order valence-electron chi connectivity index (χ2n) is 5.22. The molecule has 104 valence electrons. The summed E-state index contributed by atoms with van der Waals surface area (Å²) < 4.78 is 0. The van der Waals surface area contributed by atoms with E-state index < -0.39 is 0 Å². The summed E-state index contributed by atoms with van der Waals surface area (Å²) in [6, 6.07) is 8.42. The maximum absolute atomic E-state index is 12.1. The van der Waals surface area contributed by atoms with Crippen molar-refractivity contribution in [2.24, 2.45) is 0 Å². The van der Waals surface area contributed by atoms with Crippen molar-refractivity contribution in [3.05, 3.63) is 35.4 Å². The number of nitrogens with zero attached hydrogens (tertiary/aromatic N) is 1. The summed E-state index contributed by atoms with van der Waals surface area (Å²) in [5.74, 6) is 0.228. The van der Waals surface area contributed by atoms with E-state index in [1.807, 2.05) is 4.90 Å². The van der Waals surface area contributed by atoms with Gasteiger partial charge in [-0.05, 0) is 30.5 Å². The lowest BCUT2D eigenvalue weighted by Crippen LogP contribution is -2.41. The molecule has 0 aromatic heterocycles. The van der Waals surface area contributed by atoms with Crippen LogP contribution in [0, 0.1) is 0 Å². The predicted octanol–water partition coefficient (Wildman–Crippen LogP) is 2.35. The first-order chi connectivity index (χ1) is 9.31. The lowest BCUT2D eigenvalue weighted by Gasteiger charge is -2.29. The normalized spacial score (nSPS) is 14.3. The summed E-state index contributed by atoms with van der Waals surface area (Å²) in [6.45, 7) is 5.24. The van der Waals surface area contributed by atoms with Gasteiger partial charge >= 0.3 is 0 Å². The molecule has 1 amide bonds. The fourth-order valence-corrected chi connectivity index (χ4v) is 2.52. The molecular formula is C16H24N2O. The van der Waals surface area contributed by atoms with Crippen LogP contribution >= 0.6 is 0 Å². The van der Waals surface area contributed by atoms with Crippen molar-refractivity contribution in [1.29, 1.82) is 0 Å². The van der Waals surface area contributed by atoms with Gasteiger partial charge in [0.25, 0.3) is 0 Å². The molecule has 0 unspecified atom stereocenters. The molecular weight excluding hydrogens is 236 g/mol. The third kappa shape index (κ3) is 4.06. The number of hydrogen-bond donors (Lipinski definition) is 1. The van der Waals surface area contributed by atoms with Crippen LogP contribution in [0.4, 0.5) is 0 Å². The third-order valence-electron chi connectivity index (χ3n) is 3.72. The zero-order valence-electron chi connectivity index (χ0n) is 11.8. The molecule has 19 heavy (non-hydrogen) atoms. The Bertz CT molecular complexity index is 417. The van der Waals surface area contributed by atoms with E-state index in [1.54, 1.807) is 0 Å². The largest absolute Gasteiger partial charge is 0.337 e. The van der Waals surface area contributed by atoms with Crippen LogP contribution < -0.4 is 5.32 Å². The summed E-state index contributed by atoms with van der Waals surface area (Å²) >= 11 is 0. The smallest absolute Gasteiger partial charge is 0.236 e. The van der Waals surface area contributed by atoms with Crippen molar-refractivity contribution in [2.75, 3.05) is 19.6 Å². The highest BCUT2D eigenvalue weighted by Gasteiger charge is 2.19. The maximum atomic E-state index is 12.1. The Balaban J connectivity index is 1.76. The standard InChI is InChI=1S/C16H24N2O/c1-2-3-6-10-17-12-16(19)18-11-9-14-7-4-5-8-15(14)13-18/h4-5,7-8,17H,2-3,6,9-13H2,1H3. The zero-order valence-corrected chi connectivity index (χ0v) is 11.8. The number of nitrogens with one attached hydrogen (secondary N) is 1. The molecule has 1 aromatic rings. The van der Waals surface area contributed by atoms with Crippen molar-refractivity contribution in [3.8, 4) is 0 Å². The second-order valence-corrected chi connectivity index (χ2v) is 5.22. The van der Waals surface area contributed by atoms with E-state index >= 15 is 0 Å². The molecule has 0 fully saturated rings. The average molecular weight is 260 g/mol. The fourth-order valence-electron chi connectivity index (χ4n) is 2.52. The van der Waals surface area contributed by atoms with E-state index in [9.17, 15) is 4.79 Å². The average Bonchev–Trinajstić information content (AvgIpc) is 2.46. The van der Waals surface area contributed by atoms with Crippen molar-refractivity contribution in [2.45, 2.75) is 39.2 Å². The molecule has 0 aliphatic carbocycles. The van der Waals surface area contributed by atoms with E-state index in [0.717, 1.165) is 32.5 Å². The van der Waals surface area contributed by atoms with Crippen LogP contribution in [0.2, 0.25) is 0 Å². The SMILES string of the molecule is CCCCCNCC(=O)N1CCc2ccccc2C1. The fraction of sp³-hybridized carbons (Fsp3) is 0.562. The van der Waals surface area contributed by atoms with E-state index in [0.29, 0.717) is 6.54 Å². The molecule has 0 radical (unpaired) electrons. The number of benzene rings is 1. The summed E-state index contributed by atoms with van der Waals surface area (Å²) in [5.41, 5.74) is 2.69. The van der Waals surface area contributed by atoms with Crippen LogP contribution in [-0.2, 0) is 17.8 Å². The number of carbonyl (C=O) groups is 1. The summed E-state index contributed by atoms with van der Waals surface area (Å²) in [5, 5.41) is 3.25. The number of fused-ring (bicyclic) bond motifs is 1. The number of hydrogen-bond acceptors (Lipinski definition) is 2. The predicted molar refractivity (Wildman–Crippen MR) is 78.0 cm³/mol. The molecule has 3 nitrogen and oxygen atoms in total. The van der Waals surface area contributed by atoms with Gasteiger partial charge in [-0.1, -0.05) is 44.0 Å². The van der Waals surface area contributed by atoms with E-state index in [1.165, 1.54) is 24.0 Å². The lowest BCUT2D eigenvalue weighted by molar-refractivity contribution is -0.131. The highest BCUT2D eigenvalue weighted by Crippen LogP contribution is 2.18. The van der Waals surface area contributed by atoms with Gasteiger partial charge in [0.1, 0.15) is 0 Å². The second kappa shape index (κ2) is 7.29. The first-order valence-electron chi connectivity index (χ1n) is 7.36. The minimum atomic E-state index is 0.228. The van der Waals surface area contributed by atoms with Crippen molar-refractivity contribution < 1.29 is 4.79 Å². The minimum Gasteiger partial charge on any atom is -0.337 e. The van der Waals surface area contributed by atoms with E-state index in [-0.39, 0.29) is 5.91 Å². The highest BCUT2D eigenvalue weighted by molar-refractivity contribution is 5.78. The molecule has 0 saturated heterocycles. The van der Waals surface area contributed by atoms with Crippen molar-refractivity contribution in [3.63, 3.8) is 0 Å². The highest BCUT2D eigenvalue weighted by atomic mass is 16.2. The molecule has 1 N–H and O–H groups in total. The molecule has 0 spiro atoms. The third-order valence-corrected chi connectivity index (χ3v) is 3.72. The van der Waals surface area contributed by atoms with Gasteiger partial charge in [-0.25, -0.2) is 0 Å². The molecule has 0 saturated carbocycles. The van der Waals surface area contributed by atoms with Crippen LogP contribution in [0.3, 0.4) is 0 Å².